The van der Waals surface area contributed by atoms with Crippen molar-refractivity contribution < 1.29 is 5.11 Å². The molecule has 0 saturated heterocycles. The van der Waals surface area contributed by atoms with Crippen LogP contribution in [0.1, 0.15) is 24.2 Å². The number of benzene rings is 1. The fraction of sp³-hybridized carbons (Fsp3) is 0.333. The number of aliphatic hydroxyl groups excluding tert-OH is 1. The molecule has 1 aromatic carbocycles. The van der Waals surface area contributed by atoms with E-state index >= 15 is 0 Å². The molecule has 1 N–H and O–H groups in total. The molecule has 0 amide bonds. The summed E-state index contributed by atoms with van der Waals surface area (Å²) in [6.45, 7) is 1.74. The summed E-state index contributed by atoms with van der Waals surface area (Å²) < 4.78 is 0. The van der Waals surface area contributed by atoms with E-state index in [-0.39, 0.29) is 0 Å². The van der Waals surface area contributed by atoms with Crippen molar-refractivity contribution in [3.8, 4) is 0 Å². The fourth-order valence-corrected chi connectivity index (χ4v) is 1.31. The molecule has 2 heteroatoms. The Morgan fingerprint density at radius 1 is 1.45 bits per heavy atom. The topological polar surface area (TPSA) is 20.2 Å². The number of rotatable bonds is 2. The molecule has 0 aromatic heterocycles. The lowest BCUT2D eigenvalue weighted by Gasteiger charge is -2.08. The summed E-state index contributed by atoms with van der Waals surface area (Å²) in [5, 5.41) is 9.28. The van der Waals surface area contributed by atoms with Gasteiger partial charge in [0.2, 0.25) is 0 Å². The second kappa shape index (κ2) is 3.74. The Labute approximate surface area is 71.6 Å². The first kappa shape index (κ1) is 8.57. The van der Waals surface area contributed by atoms with E-state index < -0.39 is 6.10 Å². The highest BCUT2D eigenvalue weighted by Crippen LogP contribution is 2.18. The van der Waals surface area contributed by atoms with Crippen LogP contribution in [0.3, 0.4) is 0 Å². The molecule has 0 aliphatic carbocycles. The Bertz CT molecular complexity index is 233. The normalized spacial score (nSPS) is 13.0. The molecule has 1 nitrogen and oxygen atoms in total. The van der Waals surface area contributed by atoms with Gasteiger partial charge in [0, 0.05) is 5.88 Å². The summed E-state index contributed by atoms with van der Waals surface area (Å²) in [7, 11) is 0. The average Bonchev–Trinajstić information content (AvgIpc) is 2.04. The minimum Gasteiger partial charge on any atom is -0.389 e. The Hall–Kier alpha value is -0.530. The fourth-order valence-electron chi connectivity index (χ4n) is 1.06. The van der Waals surface area contributed by atoms with Crippen molar-refractivity contribution in [2.24, 2.45) is 0 Å². The maximum Gasteiger partial charge on any atom is 0.0765 e. The number of hydrogen-bond donors (Lipinski definition) is 1. The van der Waals surface area contributed by atoms with Crippen LogP contribution in [-0.2, 0) is 5.88 Å². The lowest BCUT2D eigenvalue weighted by Crippen LogP contribution is -1.95. The largest absolute Gasteiger partial charge is 0.389 e. The third kappa shape index (κ3) is 1.95. The van der Waals surface area contributed by atoms with Gasteiger partial charge >= 0.3 is 0 Å². The third-order valence-electron chi connectivity index (χ3n) is 1.65. The maximum absolute atomic E-state index is 9.28. The van der Waals surface area contributed by atoms with Crippen molar-refractivity contribution in [1.29, 1.82) is 0 Å². The molecule has 0 heterocycles. The maximum atomic E-state index is 9.28. The van der Waals surface area contributed by atoms with Crippen LogP contribution < -0.4 is 0 Å². The molecule has 60 valence electrons. The molecule has 1 aromatic rings. The van der Waals surface area contributed by atoms with E-state index in [1.807, 2.05) is 24.3 Å². The molecule has 0 bridgehead atoms. The second-order valence-corrected chi connectivity index (χ2v) is 2.78. The van der Waals surface area contributed by atoms with Gasteiger partial charge in [-0.25, -0.2) is 0 Å². The number of aliphatic hydroxyl groups is 1. The van der Waals surface area contributed by atoms with Gasteiger partial charge in [-0.05, 0) is 18.1 Å². The molecule has 1 unspecified atom stereocenters. The van der Waals surface area contributed by atoms with Crippen molar-refractivity contribution in [2.45, 2.75) is 18.9 Å². The van der Waals surface area contributed by atoms with Gasteiger partial charge in [-0.15, -0.1) is 11.6 Å². The smallest absolute Gasteiger partial charge is 0.0765 e. The van der Waals surface area contributed by atoms with E-state index in [1.165, 1.54) is 0 Å². The summed E-state index contributed by atoms with van der Waals surface area (Å²) in [5.74, 6) is 0.459. The first-order chi connectivity index (χ1) is 5.25. The zero-order valence-corrected chi connectivity index (χ0v) is 7.17. The number of hydrogen-bond acceptors (Lipinski definition) is 1. The van der Waals surface area contributed by atoms with Gasteiger partial charge < -0.3 is 5.11 Å². The van der Waals surface area contributed by atoms with Crippen LogP contribution >= 0.6 is 11.6 Å². The lowest BCUT2D eigenvalue weighted by atomic mass is 10.1. The van der Waals surface area contributed by atoms with Crippen LogP contribution in [0.15, 0.2) is 24.3 Å². The highest BCUT2D eigenvalue weighted by molar-refractivity contribution is 6.17. The van der Waals surface area contributed by atoms with Crippen molar-refractivity contribution in [1.82, 2.24) is 0 Å². The van der Waals surface area contributed by atoms with Gasteiger partial charge in [-0.2, -0.15) is 0 Å². The summed E-state index contributed by atoms with van der Waals surface area (Å²) in [6.07, 6.45) is -0.426. The quantitative estimate of drug-likeness (QED) is 0.677. The summed E-state index contributed by atoms with van der Waals surface area (Å²) >= 11 is 5.67. The highest BCUT2D eigenvalue weighted by atomic mass is 35.5. The molecular weight excluding hydrogens is 160 g/mol. The first-order valence-electron chi connectivity index (χ1n) is 3.57. The summed E-state index contributed by atoms with van der Waals surface area (Å²) in [6, 6.07) is 7.64. The second-order valence-electron chi connectivity index (χ2n) is 2.51. The lowest BCUT2D eigenvalue weighted by molar-refractivity contribution is 0.198. The third-order valence-corrected chi connectivity index (χ3v) is 1.94. The van der Waals surface area contributed by atoms with Crippen molar-refractivity contribution in [3.63, 3.8) is 0 Å². The van der Waals surface area contributed by atoms with E-state index in [9.17, 15) is 5.11 Å². The zero-order chi connectivity index (χ0) is 8.27. The van der Waals surface area contributed by atoms with Crippen molar-refractivity contribution in [3.05, 3.63) is 35.4 Å². The van der Waals surface area contributed by atoms with Crippen LogP contribution in [-0.4, -0.2) is 5.11 Å². The Morgan fingerprint density at radius 2 is 2.09 bits per heavy atom. The van der Waals surface area contributed by atoms with E-state index in [4.69, 9.17) is 11.6 Å². The van der Waals surface area contributed by atoms with Gasteiger partial charge in [0.15, 0.2) is 0 Å². The molecule has 0 saturated carbocycles. The molecule has 0 aliphatic heterocycles. The molecule has 1 rings (SSSR count). The summed E-state index contributed by atoms with van der Waals surface area (Å²) in [4.78, 5) is 0. The van der Waals surface area contributed by atoms with Crippen LogP contribution in [0.4, 0.5) is 0 Å². The van der Waals surface area contributed by atoms with Crippen molar-refractivity contribution in [2.75, 3.05) is 0 Å². The minimum absolute atomic E-state index is 0.426. The van der Waals surface area contributed by atoms with E-state index in [0.717, 1.165) is 11.1 Å². The Morgan fingerprint density at radius 3 is 2.55 bits per heavy atom. The van der Waals surface area contributed by atoms with E-state index in [0.29, 0.717) is 5.88 Å². The van der Waals surface area contributed by atoms with Gasteiger partial charge in [0.25, 0.3) is 0 Å². The van der Waals surface area contributed by atoms with Crippen LogP contribution in [0.5, 0.6) is 0 Å². The summed E-state index contributed by atoms with van der Waals surface area (Å²) in [5.41, 5.74) is 1.92. The molecule has 0 fully saturated rings. The van der Waals surface area contributed by atoms with E-state index in [1.54, 1.807) is 6.92 Å². The Balaban J connectivity index is 3.02. The SMILES string of the molecule is CC(O)c1ccccc1CCl. The van der Waals surface area contributed by atoms with E-state index in [2.05, 4.69) is 0 Å². The van der Waals surface area contributed by atoms with Gasteiger partial charge in [0.05, 0.1) is 6.10 Å². The minimum atomic E-state index is -0.426. The molecular formula is C9H11ClO. The molecule has 0 aliphatic rings. The number of halogens is 1. The van der Waals surface area contributed by atoms with Gasteiger partial charge in [-0.1, -0.05) is 24.3 Å². The van der Waals surface area contributed by atoms with Crippen LogP contribution in [0.2, 0.25) is 0 Å². The predicted molar refractivity (Wildman–Crippen MR) is 46.6 cm³/mol. The van der Waals surface area contributed by atoms with Gasteiger partial charge in [-0.3, -0.25) is 0 Å². The standard InChI is InChI=1S/C9H11ClO/c1-7(11)9-5-3-2-4-8(9)6-10/h2-5,7,11H,6H2,1H3. The van der Waals surface area contributed by atoms with Crippen LogP contribution in [0, 0.1) is 0 Å². The molecule has 0 spiro atoms. The zero-order valence-electron chi connectivity index (χ0n) is 6.42. The molecule has 1 atom stereocenters. The number of alkyl halides is 1. The van der Waals surface area contributed by atoms with Crippen LogP contribution in [0.25, 0.3) is 0 Å². The monoisotopic (exact) mass is 170 g/mol. The molecule has 0 radical (unpaired) electrons. The average molecular weight is 171 g/mol. The highest BCUT2D eigenvalue weighted by Gasteiger charge is 2.04. The predicted octanol–water partition coefficient (Wildman–Crippen LogP) is 2.48. The Kier molecular flexibility index (Phi) is 2.92. The van der Waals surface area contributed by atoms with Gasteiger partial charge in [0.1, 0.15) is 0 Å². The van der Waals surface area contributed by atoms with Crippen molar-refractivity contribution >= 4 is 11.6 Å². The first-order valence-corrected chi connectivity index (χ1v) is 4.11. The molecule has 11 heavy (non-hydrogen) atoms.